The van der Waals surface area contributed by atoms with Crippen molar-refractivity contribution in [2.75, 3.05) is 25.6 Å². The lowest BCUT2D eigenvalue weighted by molar-refractivity contribution is -0.141. The molecule has 0 spiro atoms. The van der Waals surface area contributed by atoms with E-state index in [9.17, 15) is 14.4 Å². The summed E-state index contributed by atoms with van der Waals surface area (Å²) in [5.41, 5.74) is 3.40. The minimum absolute atomic E-state index is 0.0868. The van der Waals surface area contributed by atoms with Crippen LogP contribution in [0.5, 0.6) is 5.75 Å². The molecule has 220 valence electrons. The Kier molecular flexibility index (Phi) is 9.52. The summed E-state index contributed by atoms with van der Waals surface area (Å²) in [4.78, 5) is 38.7. The van der Waals surface area contributed by atoms with Gasteiger partial charge in [0.2, 0.25) is 5.91 Å². The number of carbonyl (C=O) groups excluding carboxylic acids is 3. The van der Waals surface area contributed by atoms with Crippen LogP contribution in [0.2, 0.25) is 0 Å². The first-order valence-electron chi connectivity index (χ1n) is 14.5. The Morgan fingerprint density at radius 1 is 0.791 bits per heavy atom. The molecule has 43 heavy (non-hydrogen) atoms. The molecule has 0 radical (unpaired) electrons. The molecule has 1 atom stereocenters. The van der Waals surface area contributed by atoms with Crippen LogP contribution in [0.25, 0.3) is 0 Å². The number of methoxy groups -OCH3 is 1. The highest BCUT2D eigenvalue weighted by atomic mass is 16.5. The Morgan fingerprint density at radius 2 is 1.44 bits per heavy atom. The molecule has 1 fully saturated rings. The molecule has 1 aliphatic rings. The van der Waals surface area contributed by atoms with E-state index in [0.29, 0.717) is 42.1 Å². The number of anilines is 1. The fraction of sp³-hybridized carbons (Fsp3) is 0.250. The van der Waals surface area contributed by atoms with Gasteiger partial charge in [-0.1, -0.05) is 84.9 Å². The summed E-state index contributed by atoms with van der Waals surface area (Å²) in [6, 6.07) is 33.1. The number of benzene rings is 4. The maximum absolute atomic E-state index is 13.2. The summed E-state index contributed by atoms with van der Waals surface area (Å²) in [7, 11) is 1.35. The van der Waals surface area contributed by atoms with Crippen LogP contribution in [0.3, 0.4) is 0 Å². The third kappa shape index (κ3) is 7.68. The fourth-order valence-corrected chi connectivity index (χ4v) is 5.18. The maximum Gasteiger partial charge on any atom is 0.328 e. The Labute approximate surface area is 252 Å². The Hall–Kier alpha value is -4.91. The normalized spacial score (nSPS) is 13.8. The second-order valence-corrected chi connectivity index (χ2v) is 10.9. The standard InChI is InChI=1S/C36H36N2O5/c1-42-34(40)32(38-31-15-9-8-14-30(31)33(39)28-12-6-3-7-13-28)24-26-16-18-29(19-17-26)43-23-22-37-35(41)36(20-21-36)25-27-10-4-2-5-11-27/h2-19,32,38H,20-25H2,1H3,(H,37,41). The van der Waals surface area contributed by atoms with Gasteiger partial charge in [0.15, 0.2) is 5.78 Å². The summed E-state index contributed by atoms with van der Waals surface area (Å²) in [6.07, 6.45) is 2.93. The third-order valence-corrected chi connectivity index (χ3v) is 7.76. The molecule has 4 aromatic carbocycles. The molecular formula is C36H36N2O5. The SMILES string of the molecule is COC(=O)C(Cc1ccc(OCCNC(=O)C2(Cc3ccccc3)CC2)cc1)Nc1ccccc1C(=O)c1ccccc1. The predicted octanol–water partition coefficient (Wildman–Crippen LogP) is 5.63. The number of rotatable bonds is 14. The predicted molar refractivity (Wildman–Crippen MR) is 166 cm³/mol. The van der Waals surface area contributed by atoms with Gasteiger partial charge in [0.25, 0.3) is 0 Å². The minimum atomic E-state index is -0.706. The smallest absolute Gasteiger partial charge is 0.328 e. The first kappa shape index (κ1) is 29.6. The van der Waals surface area contributed by atoms with Crippen LogP contribution in [0.4, 0.5) is 5.69 Å². The molecule has 2 N–H and O–H groups in total. The van der Waals surface area contributed by atoms with Gasteiger partial charge >= 0.3 is 5.97 Å². The summed E-state index contributed by atoms with van der Waals surface area (Å²) in [5, 5.41) is 6.26. The van der Waals surface area contributed by atoms with E-state index in [-0.39, 0.29) is 17.1 Å². The van der Waals surface area contributed by atoms with Gasteiger partial charge in [-0.2, -0.15) is 0 Å². The number of ketones is 1. The number of hydrogen-bond donors (Lipinski definition) is 2. The Balaban J connectivity index is 1.14. The average Bonchev–Trinajstić information content (AvgIpc) is 3.84. The number of ether oxygens (including phenoxy) is 2. The average molecular weight is 577 g/mol. The largest absolute Gasteiger partial charge is 0.492 e. The molecule has 4 aromatic rings. The van der Waals surface area contributed by atoms with Crippen molar-refractivity contribution in [2.45, 2.75) is 31.7 Å². The minimum Gasteiger partial charge on any atom is -0.492 e. The van der Waals surface area contributed by atoms with E-state index >= 15 is 0 Å². The van der Waals surface area contributed by atoms with E-state index in [1.54, 1.807) is 30.3 Å². The van der Waals surface area contributed by atoms with Crippen molar-refractivity contribution in [2.24, 2.45) is 5.41 Å². The molecule has 7 heteroatoms. The van der Waals surface area contributed by atoms with Gasteiger partial charge < -0.3 is 20.1 Å². The number of carbonyl (C=O) groups is 3. The number of esters is 1. The topological polar surface area (TPSA) is 93.7 Å². The van der Waals surface area contributed by atoms with Crippen molar-refractivity contribution in [1.82, 2.24) is 5.32 Å². The molecule has 0 saturated heterocycles. The van der Waals surface area contributed by atoms with E-state index in [4.69, 9.17) is 9.47 Å². The monoisotopic (exact) mass is 576 g/mol. The van der Waals surface area contributed by atoms with Gasteiger partial charge in [0.05, 0.1) is 19.1 Å². The van der Waals surface area contributed by atoms with Gasteiger partial charge in [0, 0.05) is 23.2 Å². The zero-order valence-electron chi connectivity index (χ0n) is 24.3. The van der Waals surface area contributed by atoms with Crippen molar-refractivity contribution >= 4 is 23.3 Å². The first-order valence-corrected chi connectivity index (χ1v) is 14.5. The zero-order valence-corrected chi connectivity index (χ0v) is 24.3. The molecule has 0 aromatic heterocycles. The zero-order chi connectivity index (χ0) is 30.1. The number of para-hydroxylation sites is 1. The Bertz CT molecular complexity index is 1530. The van der Waals surface area contributed by atoms with Gasteiger partial charge in [-0.3, -0.25) is 9.59 Å². The molecule has 0 bridgehead atoms. The van der Waals surface area contributed by atoms with Crippen molar-refractivity contribution < 1.29 is 23.9 Å². The van der Waals surface area contributed by atoms with Crippen LogP contribution in [-0.4, -0.2) is 44.0 Å². The van der Waals surface area contributed by atoms with Crippen molar-refractivity contribution in [3.63, 3.8) is 0 Å². The quantitative estimate of drug-likeness (QED) is 0.115. The summed E-state index contributed by atoms with van der Waals surface area (Å²) in [5.74, 6) is 0.195. The van der Waals surface area contributed by atoms with E-state index in [2.05, 4.69) is 22.8 Å². The van der Waals surface area contributed by atoms with E-state index < -0.39 is 12.0 Å². The van der Waals surface area contributed by atoms with E-state index in [0.717, 1.165) is 24.8 Å². The highest BCUT2D eigenvalue weighted by Crippen LogP contribution is 2.48. The first-order chi connectivity index (χ1) is 21.0. The van der Waals surface area contributed by atoms with Crippen LogP contribution in [0, 0.1) is 5.41 Å². The molecule has 1 aliphatic carbocycles. The summed E-state index contributed by atoms with van der Waals surface area (Å²) in [6.45, 7) is 0.775. The van der Waals surface area contributed by atoms with Crippen molar-refractivity contribution in [3.05, 3.63) is 131 Å². The molecule has 0 aliphatic heterocycles. The molecule has 1 amide bonds. The van der Waals surface area contributed by atoms with Gasteiger partial charge in [-0.05, 0) is 54.7 Å². The van der Waals surface area contributed by atoms with Gasteiger partial charge in [0.1, 0.15) is 18.4 Å². The number of hydrogen-bond acceptors (Lipinski definition) is 6. The third-order valence-electron chi connectivity index (χ3n) is 7.76. The summed E-state index contributed by atoms with van der Waals surface area (Å²) >= 11 is 0. The van der Waals surface area contributed by atoms with Crippen LogP contribution in [0.1, 0.15) is 39.9 Å². The lowest BCUT2D eigenvalue weighted by atomic mass is 9.95. The Morgan fingerprint density at radius 3 is 2.12 bits per heavy atom. The number of nitrogens with one attached hydrogen (secondary N) is 2. The lowest BCUT2D eigenvalue weighted by Gasteiger charge is -2.20. The van der Waals surface area contributed by atoms with E-state index in [1.165, 1.54) is 12.7 Å². The van der Waals surface area contributed by atoms with Crippen molar-refractivity contribution in [3.8, 4) is 5.75 Å². The highest BCUT2D eigenvalue weighted by molar-refractivity contribution is 6.12. The van der Waals surface area contributed by atoms with Crippen LogP contribution in [-0.2, 0) is 27.2 Å². The van der Waals surface area contributed by atoms with Crippen LogP contribution in [0.15, 0.2) is 109 Å². The summed E-state index contributed by atoms with van der Waals surface area (Å²) < 4.78 is 10.9. The second-order valence-electron chi connectivity index (χ2n) is 10.9. The second kappa shape index (κ2) is 13.8. The molecule has 7 nitrogen and oxygen atoms in total. The maximum atomic E-state index is 13.2. The number of amides is 1. The van der Waals surface area contributed by atoms with Crippen molar-refractivity contribution in [1.29, 1.82) is 0 Å². The van der Waals surface area contributed by atoms with Gasteiger partial charge in [-0.25, -0.2) is 4.79 Å². The van der Waals surface area contributed by atoms with Crippen LogP contribution < -0.4 is 15.4 Å². The highest BCUT2D eigenvalue weighted by Gasteiger charge is 2.49. The lowest BCUT2D eigenvalue weighted by Crippen LogP contribution is -2.35. The molecule has 0 heterocycles. The molecule has 1 unspecified atom stereocenters. The fourth-order valence-electron chi connectivity index (χ4n) is 5.18. The van der Waals surface area contributed by atoms with Gasteiger partial charge in [-0.15, -0.1) is 0 Å². The van der Waals surface area contributed by atoms with E-state index in [1.807, 2.05) is 66.7 Å². The molecular weight excluding hydrogens is 540 g/mol. The molecule has 1 saturated carbocycles. The molecule has 5 rings (SSSR count). The van der Waals surface area contributed by atoms with Crippen LogP contribution >= 0.6 is 0 Å².